The van der Waals surface area contributed by atoms with Crippen LogP contribution in [0.2, 0.25) is 0 Å². The molecule has 178 valence electrons. The van der Waals surface area contributed by atoms with Crippen molar-refractivity contribution < 1.29 is 23.0 Å². The van der Waals surface area contributed by atoms with Crippen LogP contribution in [0.3, 0.4) is 0 Å². The molecule has 1 unspecified atom stereocenters. The summed E-state index contributed by atoms with van der Waals surface area (Å²) in [6.07, 6.45) is 3.92. The summed E-state index contributed by atoms with van der Waals surface area (Å²) in [6.45, 7) is 5.46. The highest BCUT2D eigenvalue weighted by molar-refractivity contribution is 5.65. The van der Waals surface area contributed by atoms with Gasteiger partial charge >= 0.3 is 0 Å². The smallest absolute Gasteiger partial charge is 0.166 e. The molecule has 5 heteroatoms. The number of halogens is 3. The van der Waals surface area contributed by atoms with Gasteiger partial charge in [0.2, 0.25) is 0 Å². The Balaban J connectivity index is 1.46. The van der Waals surface area contributed by atoms with E-state index in [0.717, 1.165) is 24.0 Å². The first-order chi connectivity index (χ1) is 16.4. The van der Waals surface area contributed by atoms with Crippen molar-refractivity contribution in [3.8, 4) is 16.9 Å². The van der Waals surface area contributed by atoms with E-state index in [1.54, 1.807) is 55.5 Å². The van der Waals surface area contributed by atoms with Crippen molar-refractivity contribution in [1.82, 2.24) is 0 Å². The molecule has 4 rings (SSSR count). The fourth-order valence-electron chi connectivity index (χ4n) is 4.82. The number of aliphatic hydroxyl groups is 1. The van der Waals surface area contributed by atoms with Crippen molar-refractivity contribution in [2.45, 2.75) is 50.5 Å². The van der Waals surface area contributed by atoms with Crippen LogP contribution in [0.25, 0.3) is 11.1 Å². The van der Waals surface area contributed by atoms with E-state index in [1.807, 2.05) is 6.07 Å². The molecule has 0 heterocycles. The number of benzene rings is 3. The molecule has 0 aromatic heterocycles. The highest BCUT2D eigenvalue weighted by Gasteiger charge is 2.27. The molecule has 0 amide bonds. The average Bonchev–Trinajstić information content (AvgIpc) is 2.85. The van der Waals surface area contributed by atoms with Crippen molar-refractivity contribution in [3.05, 3.63) is 101 Å². The Labute approximate surface area is 198 Å². The molecule has 2 nitrogen and oxygen atoms in total. The molecule has 1 saturated carbocycles. The van der Waals surface area contributed by atoms with Gasteiger partial charge in [-0.25, -0.2) is 13.2 Å². The van der Waals surface area contributed by atoms with Crippen LogP contribution < -0.4 is 4.74 Å². The summed E-state index contributed by atoms with van der Waals surface area (Å²) in [5, 5.41) is 9.65. The van der Waals surface area contributed by atoms with Gasteiger partial charge in [-0.05, 0) is 78.8 Å². The van der Waals surface area contributed by atoms with E-state index in [0.29, 0.717) is 24.0 Å². The van der Waals surface area contributed by atoms with Gasteiger partial charge in [0.05, 0.1) is 6.10 Å². The molecule has 3 aromatic carbocycles. The van der Waals surface area contributed by atoms with Crippen LogP contribution in [-0.2, 0) is 0 Å². The second-order valence-corrected chi connectivity index (χ2v) is 8.97. The molecule has 1 aliphatic carbocycles. The highest BCUT2D eigenvalue weighted by atomic mass is 19.2. The SMILES string of the molecule is C=CCOc1ccc(C2CCC(c3ccc(-c4ccc(C(C)O)cc4)c(F)c3F)CC2)cc1F. The summed E-state index contributed by atoms with van der Waals surface area (Å²) in [5.74, 6) is -1.73. The number of aliphatic hydroxyl groups excluding tert-OH is 1. The Hall–Kier alpha value is -3.05. The van der Waals surface area contributed by atoms with Crippen molar-refractivity contribution in [3.63, 3.8) is 0 Å². The van der Waals surface area contributed by atoms with Gasteiger partial charge in [0, 0.05) is 5.56 Å². The molecular formula is C29H29F3O2. The Morgan fingerprint density at radius 3 is 2.24 bits per heavy atom. The summed E-state index contributed by atoms with van der Waals surface area (Å²) in [6, 6.07) is 15.2. The summed E-state index contributed by atoms with van der Waals surface area (Å²) >= 11 is 0. The van der Waals surface area contributed by atoms with Crippen LogP contribution in [0.5, 0.6) is 5.75 Å². The second kappa shape index (κ2) is 10.5. The Kier molecular flexibility index (Phi) is 7.42. The molecule has 0 saturated heterocycles. The van der Waals surface area contributed by atoms with E-state index >= 15 is 4.39 Å². The van der Waals surface area contributed by atoms with Crippen molar-refractivity contribution in [2.75, 3.05) is 6.61 Å². The predicted molar refractivity (Wildman–Crippen MR) is 128 cm³/mol. The quantitative estimate of drug-likeness (QED) is 0.360. The van der Waals surface area contributed by atoms with Crippen LogP contribution in [0, 0.1) is 17.5 Å². The molecule has 34 heavy (non-hydrogen) atoms. The molecule has 0 spiro atoms. The maximum Gasteiger partial charge on any atom is 0.166 e. The average molecular weight is 467 g/mol. The lowest BCUT2D eigenvalue weighted by Gasteiger charge is -2.29. The first kappa shape index (κ1) is 24.1. The summed E-state index contributed by atoms with van der Waals surface area (Å²) in [5.41, 5.74) is 2.81. The third-order valence-electron chi connectivity index (χ3n) is 6.77. The van der Waals surface area contributed by atoms with Crippen molar-refractivity contribution in [1.29, 1.82) is 0 Å². The fourth-order valence-corrected chi connectivity index (χ4v) is 4.82. The van der Waals surface area contributed by atoms with E-state index in [-0.39, 0.29) is 29.8 Å². The standard InChI is InChI=1S/C29H29F3O2/c1-3-16-34-27-15-12-23(17-26(27)30)20-6-10-22(11-7-20)25-14-13-24(28(31)29(25)32)21-8-4-19(5-9-21)18(2)33/h3-5,8-9,12-15,17-18,20,22,33H,1,6-7,10-11,16H2,2H3. The molecular weight excluding hydrogens is 437 g/mol. The van der Waals surface area contributed by atoms with Gasteiger partial charge in [-0.2, -0.15) is 0 Å². The van der Waals surface area contributed by atoms with Gasteiger partial charge in [0.15, 0.2) is 23.2 Å². The molecule has 1 atom stereocenters. The molecule has 0 radical (unpaired) electrons. The van der Waals surface area contributed by atoms with E-state index in [1.165, 1.54) is 6.07 Å². The van der Waals surface area contributed by atoms with Gasteiger partial charge < -0.3 is 9.84 Å². The number of hydrogen-bond donors (Lipinski definition) is 1. The third kappa shape index (κ3) is 5.05. The third-order valence-corrected chi connectivity index (χ3v) is 6.77. The lowest BCUT2D eigenvalue weighted by atomic mass is 9.76. The molecule has 3 aromatic rings. The maximum absolute atomic E-state index is 15.1. The minimum absolute atomic E-state index is 0.0718. The Morgan fingerprint density at radius 2 is 1.62 bits per heavy atom. The predicted octanol–water partition coefficient (Wildman–Crippen LogP) is 7.83. The van der Waals surface area contributed by atoms with Gasteiger partial charge in [0.1, 0.15) is 6.61 Å². The van der Waals surface area contributed by atoms with Crippen LogP contribution in [0.15, 0.2) is 67.3 Å². The molecule has 0 aliphatic heterocycles. The summed E-state index contributed by atoms with van der Waals surface area (Å²) in [7, 11) is 0. The van der Waals surface area contributed by atoms with Gasteiger partial charge in [-0.1, -0.05) is 55.1 Å². The largest absolute Gasteiger partial charge is 0.486 e. The van der Waals surface area contributed by atoms with Gasteiger partial charge in [-0.3, -0.25) is 0 Å². The fraction of sp³-hybridized carbons (Fsp3) is 0.310. The normalized spacial score (nSPS) is 19.0. The monoisotopic (exact) mass is 466 g/mol. The van der Waals surface area contributed by atoms with Crippen LogP contribution >= 0.6 is 0 Å². The summed E-state index contributed by atoms with van der Waals surface area (Å²) < 4.78 is 49.7. The molecule has 1 aliphatic rings. The first-order valence-corrected chi connectivity index (χ1v) is 11.7. The highest BCUT2D eigenvalue weighted by Crippen LogP contribution is 2.43. The van der Waals surface area contributed by atoms with Gasteiger partial charge in [-0.15, -0.1) is 0 Å². The second-order valence-electron chi connectivity index (χ2n) is 8.97. The number of hydrogen-bond acceptors (Lipinski definition) is 2. The minimum Gasteiger partial charge on any atom is -0.486 e. The van der Waals surface area contributed by atoms with Crippen LogP contribution in [0.4, 0.5) is 13.2 Å². The first-order valence-electron chi connectivity index (χ1n) is 11.7. The van der Waals surface area contributed by atoms with Gasteiger partial charge in [0.25, 0.3) is 0 Å². The number of ether oxygens (including phenoxy) is 1. The topological polar surface area (TPSA) is 29.5 Å². The zero-order valence-electron chi connectivity index (χ0n) is 19.2. The zero-order chi connectivity index (χ0) is 24.2. The molecule has 1 fully saturated rings. The lowest BCUT2D eigenvalue weighted by Crippen LogP contribution is -2.14. The molecule has 0 bridgehead atoms. The number of rotatable bonds is 7. The van der Waals surface area contributed by atoms with Crippen molar-refractivity contribution in [2.24, 2.45) is 0 Å². The maximum atomic E-state index is 15.1. The van der Waals surface area contributed by atoms with Crippen LogP contribution in [-0.4, -0.2) is 11.7 Å². The van der Waals surface area contributed by atoms with E-state index in [9.17, 15) is 13.9 Å². The van der Waals surface area contributed by atoms with E-state index < -0.39 is 23.6 Å². The minimum atomic E-state index is -0.846. The Bertz CT molecular complexity index is 1150. The zero-order valence-corrected chi connectivity index (χ0v) is 19.2. The lowest BCUT2D eigenvalue weighted by molar-refractivity contribution is 0.199. The van der Waals surface area contributed by atoms with Crippen LogP contribution in [0.1, 0.15) is 67.2 Å². The van der Waals surface area contributed by atoms with E-state index in [2.05, 4.69) is 6.58 Å². The molecule has 1 N–H and O–H groups in total. The Morgan fingerprint density at radius 1 is 0.941 bits per heavy atom. The summed E-state index contributed by atoms with van der Waals surface area (Å²) in [4.78, 5) is 0. The van der Waals surface area contributed by atoms with Crippen molar-refractivity contribution >= 4 is 0 Å². The van der Waals surface area contributed by atoms with E-state index in [4.69, 9.17) is 4.74 Å².